The molecule has 1 heterocycles. The molecule has 0 aromatic heterocycles. The third-order valence-electron chi connectivity index (χ3n) is 3.11. The molecule has 1 unspecified atom stereocenters. The average Bonchev–Trinajstić information content (AvgIpc) is 2.38. The smallest absolute Gasteiger partial charge is 0.267 e. The maximum Gasteiger partial charge on any atom is 0.267 e. The molecule has 0 spiro atoms. The van der Waals surface area contributed by atoms with Gasteiger partial charge >= 0.3 is 0 Å². The highest BCUT2D eigenvalue weighted by Crippen LogP contribution is 2.33. The van der Waals surface area contributed by atoms with Crippen LogP contribution in [0.25, 0.3) is 0 Å². The van der Waals surface area contributed by atoms with Crippen molar-refractivity contribution in [1.29, 1.82) is 0 Å². The number of anilines is 1. The lowest BCUT2D eigenvalue weighted by Gasteiger charge is -2.33. The second kappa shape index (κ2) is 5.87. The van der Waals surface area contributed by atoms with E-state index in [2.05, 4.69) is 0 Å². The van der Waals surface area contributed by atoms with E-state index in [1.807, 2.05) is 24.3 Å². The van der Waals surface area contributed by atoms with Crippen LogP contribution in [0.15, 0.2) is 24.3 Å². The second-order valence-electron chi connectivity index (χ2n) is 4.50. The van der Waals surface area contributed by atoms with E-state index in [-0.39, 0.29) is 12.5 Å². The molecule has 4 nitrogen and oxygen atoms in total. The first-order chi connectivity index (χ1) is 8.74. The Kier molecular flexibility index (Phi) is 4.20. The lowest BCUT2D eigenvalue weighted by Crippen LogP contribution is -2.44. The van der Waals surface area contributed by atoms with Gasteiger partial charge in [0.15, 0.2) is 6.10 Å². The lowest BCUT2D eigenvalue weighted by atomic mass is 10.1. The van der Waals surface area contributed by atoms with Gasteiger partial charge in [-0.2, -0.15) is 0 Å². The van der Waals surface area contributed by atoms with Crippen LogP contribution in [-0.4, -0.2) is 30.3 Å². The van der Waals surface area contributed by atoms with Gasteiger partial charge in [0.1, 0.15) is 5.75 Å². The summed E-state index contributed by atoms with van der Waals surface area (Å²) in [7, 11) is 0. The van der Waals surface area contributed by atoms with E-state index in [9.17, 15) is 4.79 Å². The standard InChI is InChI=1S/C14H19NO3/c1-11-14(17)15(9-5-2-6-10-16)12-7-3-4-8-13(12)18-11/h3-4,7-8,11,16H,2,5-6,9-10H2,1H3. The minimum atomic E-state index is -0.419. The molecular formula is C14H19NO3. The van der Waals surface area contributed by atoms with Crippen LogP contribution in [0.2, 0.25) is 0 Å². The number of aliphatic hydroxyl groups is 1. The molecule has 0 saturated carbocycles. The van der Waals surface area contributed by atoms with E-state index in [0.29, 0.717) is 6.54 Å². The number of benzene rings is 1. The quantitative estimate of drug-likeness (QED) is 0.812. The van der Waals surface area contributed by atoms with Crippen molar-refractivity contribution < 1.29 is 14.6 Å². The maximum atomic E-state index is 12.1. The molecule has 4 heteroatoms. The lowest BCUT2D eigenvalue weighted by molar-refractivity contribution is -0.125. The predicted molar refractivity (Wildman–Crippen MR) is 69.8 cm³/mol. The summed E-state index contributed by atoms with van der Waals surface area (Å²) in [6.07, 6.45) is 2.19. The zero-order chi connectivity index (χ0) is 13.0. The zero-order valence-corrected chi connectivity index (χ0v) is 10.6. The highest BCUT2D eigenvalue weighted by atomic mass is 16.5. The molecule has 0 bridgehead atoms. The van der Waals surface area contributed by atoms with E-state index in [4.69, 9.17) is 9.84 Å². The number of carbonyl (C=O) groups excluding carboxylic acids is 1. The Labute approximate surface area is 107 Å². The normalized spacial score (nSPS) is 18.4. The molecule has 1 atom stereocenters. The number of hydrogen-bond acceptors (Lipinski definition) is 3. The minimum absolute atomic E-state index is 0.0118. The van der Waals surface area contributed by atoms with Crippen LogP contribution in [0.3, 0.4) is 0 Å². The third-order valence-corrected chi connectivity index (χ3v) is 3.11. The number of carbonyl (C=O) groups is 1. The number of nitrogens with zero attached hydrogens (tertiary/aromatic N) is 1. The molecule has 0 aliphatic carbocycles. The number of aliphatic hydroxyl groups excluding tert-OH is 1. The molecule has 18 heavy (non-hydrogen) atoms. The minimum Gasteiger partial charge on any atom is -0.479 e. The van der Waals surface area contributed by atoms with Crippen molar-refractivity contribution in [2.24, 2.45) is 0 Å². The molecule has 98 valence electrons. The van der Waals surface area contributed by atoms with Gasteiger partial charge in [-0.15, -0.1) is 0 Å². The fourth-order valence-electron chi connectivity index (χ4n) is 2.15. The first kappa shape index (κ1) is 12.9. The second-order valence-corrected chi connectivity index (χ2v) is 4.50. The van der Waals surface area contributed by atoms with Crippen molar-refractivity contribution in [1.82, 2.24) is 0 Å². The van der Waals surface area contributed by atoms with Gasteiger partial charge in [0.05, 0.1) is 5.69 Å². The summed E-state index contributed by atoms with van der Waals surface area (Å²) in [5.41, 5.74) is 0.851. The number of fused-ring (bicyclic) bond motifs is 1. The van der Waals surface area contributed by atoms with Crippen LogP contribution in [0.4, 0.5) is 5.69 Å². The summed E-state index contributed by atoms with van der Waals surface area (Å²) in [6, 6.07) is 7.61. The van der Waals surface area contributed by atoms with Crippen molar-refractivity contribution in [2.75, 3.05) is 18.1 Å². The van der Waals surface area contributed by atoms with Gasteiger partial charge in [-0.25, -0.2) is 0 Å². The Bertz CT molecular complexity index is 419. The summed E-state index contributed by atoms with van der Waals surface area (Å²) < 4.78 is 5.57. The number of hydrogen-bond donors (Lipinski definition) is 1. The molecule has 1 aliphatic rings. The van der Waals surface area contributed by atoms with Gasteiger partial charge in [0.2, 0.25) is 0 Å². The Morgan fingerprint density at radius 2 is 2.06 bits per heavy atom. The van der Waals surface area contributed by atoms with Crippen LogP contribution in [0.5, 0.6) is 5.75 Å². The maximum absolute atomic E-state index is 12.1. The monoisotopic (exact) mass is 249 g/mol. The summed E-state index contributed by atoms with van der Waals surface area (Å²) in [4.78, 5) is 13.9. The highest BCUT2D eigenvalue weighted by Gasteiger charge is 2.30. The van der Waals surface area contributed by atoms with E-state index in [1.165, 1.54) is 0 Å². The Hall–Kier alpha value is -1.55. The molecule has 2 rings (SSSR count). The Morgan fingerprint density at radius 1 is 1.28 bits per heavy atom. The van der Waals surface area contributed by atoms with Gasteiger partial charge < -0.3 is 14.7 Å². The summed E-state index contributed by atoms with van der Waals surface area (Å²) >= 11 is 0. The van der Waals surface area contributed by atoms with Crippen LogP contribution >= 0.6 is 0 Å². The number of unbranched alkanes of at least 4 members (excludes halogenated alkanes) is 2. The van der Waals surface area contributed by atoms with Crippen molar-refractivity contribution in [3.05, 3.63) is 24.3 Å². The number of para-hydroxylation sites is 2. The van der Waals surface area contributed by atoms with Crippen LogP contribution in [0, 0.1) is 0 Å². The molecule has 0 fully saturated rings. The van der Waals surface area contributed by atoms with Crippen LogP contribution in [-0.2, 0) is 4.79 Å². The molecule has 1 N–H and O–H groups in total. The molecule has 0 radical (unpaired) electrons. The SMILES string of the molecule is CC1Oc2ccccc2N(CCCCCO)C1=O. The van der Waals surface area contributed by atoms with E-state index in [1.54, 1.807) is 11.8 Å². The van der Waals surface area contributed by atoms with Gasteiger partial charge in [0, 0.05) is 13.2 Å². The first-order valence-electron chi connectivity index (χ1n) is 6.42. The summed E-state index contributed by atoms with van der Waals surface area (Å²) in [5, 5.41) is 8.75. The van der Waals surface area contributed by atoms with Crippen molar-refractivity contribution in [2.45, 2.75) is 32.3 Å². The molecular weight excluding hydrogens is 230 g/mol. The van der Waals surface area contributed by atoms with E-state index in [0.717, 1.165) is 30.7 Å². The van der Waals surface area contributed by atoms with Crippen molar-refractivity contribution in [3.8, 4) is 5.75 Å². The topological polar surface area (TPSA) is 49.8 Å². The van der Waals surface area contributed by atoms with Crippen molar-refractivity contribution >= 4 is 11.6 Å². The van der Waals surface area contributed by atoms with Gasteiger partial charge in [-0.3, -0.25) is 4.79 Å². The molecule has 1 aromatic carbocycles. The van der Waals surface area contributed by atoms with Gasteiger partial charge in [-0.1, -0.05) is 12.1 Å². The van der Waals surface area contributed by atoms with Crippen LogP contribution < -0.4 is 9.64 Å². The Morgan fingerprint density at radius 3 is 2.83 bits per heavy atom. The fourth-order valence-corrected chi connectivity index (χ4v) is 2.15. The zero-order valence-electron chi connectivity index (χ0n) is 10.6. The van der Waals surface area contributed by atoms with E-state index < -0.39 is 6.10 Å². The summed E-state index contributed by atoms with van der Waals surface area (Å²) in [5.74, 6) is 0.782. The molecule has 0 saturated heterocycles. The Balaban J connectivity index is 2.09. The number of rotatable bonds is 5. The molecule has 1 aromatic rings. The predicted octanol–water partition coefficient (Wildman–Crippen LogP) is 1.96. The van der Waals surface area contributed by atoms with Crippen LogP contribution in [0.1, 0.15) is 26.2 Å². The average molecular weight is 249 g/mol. The van der Waals surface area contributed by atoms with Crippen molar-refractivity contribution in [3.63, 3.8) is 0 Å². The van der Waals surface area contributed by atoms with Gasteiger partial charge in [0.25, 0.3) is 5.91 Å². The first-order valence-corrected chi connectivity index (χ1v) is 6.42. The molecule has 1 aliphatic heterocycles. The third kappa shape index (κ3) is 2.64. The number of ether oxygens (including phenoxy) is 1. The number of amides is 1. The van der Waals surface area contributed by atoms with Gasteiger partial charge in [-0.05, 0) is 38.3 Å². The largest absolute Gasteiger partial charge is 0.479 e. The van der Waals surface area contributed by atoms with E-state index >= 15 is 0 Å². The molecule has 1 amide bonds. The highest BCUT2D eigenvalue weighted by molar-refractivity contribution is 5.99. The fraction of sp³-hybridized carbons (Fsp3) is 0.500. The summed E-state index contributed by atoms with van der Waals surface area (Å²) in [6.45, 7) is 2.67.